The van der Waals surface area contributed by atoms with Gasteiger partial charge in [-0.25, -0.2) is 0 Å². The second kappa shape index (κ2) is 7.36. The molecule has 0 radical (unpaired) electrons. The number of nitro groups is 1. The number of nitrogens with zero attached hydrogens (tertiary/aromatic N) is 2. The summed E-state index contributed by atoms with van der Waals surface area (Å²) in [5.74, 6) is 0. The number of hydrogen-bond acceptors (Lipinski definition) is 4. The van der Waals surface area contributed by atoms with Crippen molar-refractivity contribution in [2.75, 3.05) is 5.32 Å². The van der Waals surface area contributed by atoms with E-state index in [9.17, 15) is 14.9 Å². The van der Waals surface area contributed by atoms with Crippen molar-refractivity contribution >= 4 is 22.3 Å². The van der Waals surface area contributed by atoms with Gasteiger partial charge in [-0.1, -0.05) is 66.7 Å². The fourth-order valence-corrected chi connectivity index (χ4v) is 3.30. The van der Waals surface area contributed by atoms with E-state index in [1.807, 2.05) is 42.5 Å². The average molecular weight is 371 g/mol. The van der Waals surface area contributed by atoms with Gasteiger partial charge in [-0.2, -0.15) is 0 Å². The van der Waals surface area contributed by atoms with E-state index in [4.69, 9.17) is 0 Å². The molecule has 6 nitrogen and oxygen atoms in total. The number of fused-ring (bicyclic) bond motifs is 1. The van der Waals surface area contributed by atoms with E-state index in [0.717, 1.165) is 5.56 Å². The highest BCUT2D eigenvalue weighted by atomic mass is 16.6. The Morgan fingerprint density at radius 3 is 2.14 bits per heavy atom. The molecule has 0 aliphatic rings. The number of hydrogen-bond donors (Lipinski definition) is 1. The lowest BCUT2D eigenvalue weighted by molar-refractivity contribution is -0.385. The molecule has 0 amide bonds. The molecule has 0 saturated carbocycles. The summed E-state index contributed by atoms with van der Waals surface area (Å²) in [4.78, 5) is 24.4. The third-order valence-corrected chi connectivity index (χ3v) is 4.57. The van der Waals surface area contributed by atoms with Crippen molar-refractivity contribution in [3.8, 4) is 5.69 Å². The average Bonchev–Trinajstić information content (AvgIpc) is 2.73. The number of rotatable bonds is 5. The SMILES string of the molecule is O=c1c([N+](=O)[O-])c(NCc2ccccc2)c2ccccc2n1-c1ccccc1. The Labute approximate surface area is 160 Å². The lowest BCUT2D eigenvalue weighted by Gasteiger charge is -2.15. The van der Waals surface area contributed by atoms with Crippen molar-refractivity contribution in [1.82, 2.24) is 4.57 Å². The van der Waals surface area contributed by atoms with Crippen molar-refractivity contribution in [2.45, 2.75) is 6.54 Å². The van der Waals surface area contributed by atoms with Gasteiger partial charge in [0.15, 0.2) is 0 Å². The van der Waals surface area contributed by atoms with Crippen molar-refractivity contribution in [3.05, 3.63) is 111 Å². The van der Waals surface area contributed by atoms with Crippen LogP contribution in [-0.2, 0) is 6.54 Å². The van der Waals surface area contributed by atoms with Crippen molar-refractivity contribution < 1.29 is 4.92 Å². The maximum atomic E-state index is 13.1. The normalized spacial score (nSPS) is 10.7. The fourth-order valence-electron chi connectivity index (χ4n) is 3.30. The highest BCUT2D eigenvalue weighted by molar-refractivity contribution is 5.97. The minimum Gasteiger partial charge on any atom is -0.375 e. The molecule has 1 N–H and O–H groups in total. The number of pyridine rings is 1. The zero-order chi connectivity index (χ0) is 19.5. The van der Waals surface area contributed by atoms with Gasteiger partial charge in [0, 0.05) is 17.6 Å². The van der Waals surface area contributed by atoms with E-state index in [-0.39, 0.29) is 5.69 Å². The minimum absolute atomic E-state index is 0.238. The summed E-state index contributed by atoms with van der Waals surface area (Å²) >= 11 is 0. The van der Waals surface area contributed by atoms with Gasteiger partial charge in [-0.3, -0.25) is 19.5 Å². The molecule has 3 aromatic carbocycles. The molecule has 4 aromatic rings. The molecular formula is C22H17N3O3. The highest BCUT2D eigenvalue weighted by Gasteiger charge is 2.26. The molecule has 0 spiro atoms. The molecule has 0 aliphatic heterocycles. The van der Waals surface area contributed by atoms with Gasteiger partial charge in [0.05, 0.1) is 10.4 Å². The molecule has 0 aliphatic carbocycles. The van der Waals surface area contributed by atoms with Crippen LogP contribution < -0.4 is 10.9 Å². The molecule has 0 unspecified atom stereocenters. The van der Waals surface area contributed by atoms with Gasteiger partial charge < -0.3 is 5.32 Å². The van der Waals surface area contributed by atoms with Gasteiger partial charge in [-0.15, -0.1) is 0 Å². The lowest BCUT2D eigenvalue weighted by Crippen LogP contribution is -2.23. The number of anilines is 1. The summed E-state index contributed by atoms with van der Waals surface area (Å²) in [7, 11) is 0. The molecule has 0 saturated heterocycles. The summed E-state index contributed by atoms with van der Waals surface area (Å²) in [5.41, 5.74) is 1.28. The van der Waals surface area contributed by atoms with Gasteiger partial charge in [0.1, 0.15) is 5.69 Å². The summed E-state index contributed by atoms with van der Waals surface area (Å²) in [6.45, 7) is 0.375. The Balaban J connectivity index is 1.96. The smallest absolute Gasteiger partial charge is 0.357 e. The summed E-state index contributed by atoms with van der Waals surface area (Å²) in [6, 6.07) is 25.7. The lowest BCUT2D eigenvalue weighted by atomic mass is 10.1. The third kappa shape index (κ3) is 3.12. The second-order valence-electron chi connectivity index (χ2n) is 6.31. The van der Waals surface area contributed by atoms with Crippen LogP contribution in [0.15, 0.2) is 89.7 Å². The molecule has 4 rings (SSSR count). The van der Waals surface area contributed by atoms with Crippen LogP contribution in [0.1, 0.15) is 5.56 Å². The molecule has 0 bridgehead atoms. The largest absolute Gasteiger partial charge is 0.375 e. The summed E-state index contributed by atoms with van der Waals surface area (Å²) in [5, 5.41) is 15.6. The number of para-hydroxylation sites is 2. The van der Waals surface area contributed by atoms with Crippen LogP contribution in [0.3, 0.4) is 0 Å². The van der Waals surface area contributed by atoms with Crippen LogP contribution in [-0.4, -0.2) is 9.49 Å². The second-order valence-corrected chi connectivity index (χ2v) is 6.31. The maximum Gasteiger partial charge on any atom is 0.357 e. The van der Waals surface area contributed by atoms with Crippen molar-refractivity contribution in [3.63, 3.8) is 0 Å². The van der Waals surface area contributed by atoms with E-state index < -0.39 is 16.2 Å². The predicted octanol–water partition coefficient (Wildman–Crippen LogP) is 4.51. The predicted molar refractivity (Wildman–Crippen MR) is 110 cm³/mol. The zero-order valence-electron chi connectivity index (χ0n) is 14.9. The summed E-state index contributed by atoms with van der Waals surface area (Å²) < 4.78 is 1.39. The van der Waals surface area contributed by atoms with Crippen LogP contribution in [0.2, 0.25) is 0 Å². The highest BCUT2D eigenvalue weighted by Crippen LogP contribution is 2.31. The molecule has 0 atom stereocenters. The molecule has 0 fully saturated rings. The number of aromatic nitrogens is 1. The van der Waals surface area contributed by atoms with Crippen molar-refractivity contribution in [1.29, 1.82) is 0 Å². The first-order chi connectivity index (χ1) is 13.7. The topological polar surface area (TPSA) is 77.2 Å². The first kappa shape index (κ1) is 17.5. The van der Waals surface area contributed by atoms with Crippen LogP contribution >= 0.6 is 0 Å². The van der Waals surface area contributed by atoms with E-state index >= 15 is 0 Å². The van der Waals surface area contributed by atoms with Crippen LogP contribution in [0, 0.1) is 10.1 Å². The number of nitrogens with one attached hydrogen (secondary N) is 1. The van der Waals surface area contributed by atoms with Crippen LogP contribution in [0.25, 0.3) is 16.6 Å². The van der Waals surface area contributed by atoms with Gasteiger partial charge in [-0.05, 0) is 23.8 Å². The Kier molecular flexibility index (Phi) is 4.60. The Morgan fingerprint density at radius 2 is 1.46 bits per heavy atom. The van der Waals surface area contributed by atoms with E-state index in [1.54, 1.807) is 42.5 Å². The molecule has 1 heterocycles. The van der Waals surface area contributed by atoms with E-state index in [0.29, 0.717) is 23.1 Å². The van der Waals surface area contributed by atoms with Crippen LogP contribution in [0.4, 0.5) is 11.4 Å². The van der Waals surface area contributed by atoms with Gasteiger partial charge >= 0.3 is 11.2 Å². The summed E-state index contributed by atoms with van der Waals surface area (Å²) in [6.07, 6.45) is 0. The quantitative estimate of drug-likeness (QED) is 0.414. The molecule has 1 aromatic heterocycles. The first-order valence-electron chi connectivity index (χ1n) is 8.82. The molecule has 28 heavy (non-hydrogen) atoms. The van der Waals surface area contributed by atoms with E-state index in [1.165, 1.54) is 4.57 Å². The maximum absolute atomic E-state index is 13.1. The Bertz CT molecular complexity index is 1200. The Hall–Kier alpha value is -3.93. The third-order valence-electron chi connectivity index (χ3n) is 4.57. The fraction of sp³-hybridized carbons (Fsp3) is 0.0455. The van der Waals surface area contributed by atoms with Gasteiger partial charge in [0.2, 0.25) is 0 Å². The monoisotopic (exact) mass is 371 g/mol. The van der Waals surface area contributed by atoms with Crippen molar-refractivity contribution in [2.24, 2.45) is 0 Å². The standard InChI is InChI=1S/C22H17N3O3/c26-22-21(25(27)28)20(23-15-16-9-3-1-4-10-16)18-13-7-8-14-19(18)24(22)17-11-5-2-6-12-17/h1-14,23H,15H2. The first-order valence-corrected chi connectivity index (χ1v) is 8.82. The Morgan fingerprint density at radius 1 is 0.857 bits per heavy atom. The van der Waals surface area contributed by atoms with Gasteiger partial charge in [0.25, 0.3) is 0 Å². The number of benzene rings is 3. The zero-order valence-corrected chi connectivity index (χ0v) is 14.9. The molecular weight excluding hydrogens is 354 g/mol. The molecule has 138 valence electrons. The minimum atomic E-state index is -0.662. The van der Waals surface area contributed by atoms with Crippen LogP contribution in [0.5, 0.6) is 0 Å². The van der Waals surface area contributed by atoms with E-state index in [2.05, 4.69) is 5.32 Å². The molecule has 6 heteroatoms.